The summed E-state index contributed by atoms with van der Waals surface area (Å²) < 4.78 is 0. The molecule has 1 N–H and O–H groups in total. The van der Waals surface area contributed by atoms with Crippen molar-refractivity contribution in [1.29, 1.82) is 0 Å². The van der Waals surface area contributed by atoms with E-state index in [1.807, 2.05) is 0 Å². The molecule has 1 rings (SSSR count). The molecule has 0 aliphatic carbocycles. The standard InChI is InChI=1S/C10H22N2O/c1-10(2)12-7-5-11(6-8-12)4-3-9-13/h10,13H,3-9H2,1-2H3. The highest BCUT2D eigenvalue weighted by Gasteiger charge is 2.17. The predicted molar refractivity (Wildman–Crippen MR) is 54.9 cm³/mol. The third-order valence-electron chi connectivity index (χ3n) is 2.77. The van der Waals surface area contributed by atoms with Gasteiger partial charge in [-0.25, -0.2) is 0 Å². The second-order valence-corrected chi connectivity index (χ2v) is 4.05. The topological polar surface area (TPSA) is 26.7 Å². The third-order valence-corrected chi connectivity index (χ3v) is 2.77. The maximum atomic E-state index is 8.70. The molecule has 1 heterocycles. The van der Waals surface area contributed by atoms with Crippen LogP contribution in [0.5, 0.6) is 0 Å². The molecule has 1 aliphatic rings. The van der Waals surface area contributed by atoms with Gasteiger partial charge in [-0.1, -0.05) is 0 Å². The molecule has 1 saturated heterocycles. The summed E-state index contributed by atoms with van der Waals surface area (Å²) in [6.07, 6.45) is 0.918. The molecule has 0 aromatic carbocycles. The van der Waals surface area contributed by atoms with Crippen LogP contribution in [0.1, 0.15) is 20.3 Å². The Hall–Kier alpha value is -0.120. The van der Waals surface area contributed by atoms with Crippen molar-refractivity contribution in [3.63, 3.8) is 0 Å². The van der Waals surface area contributed by atoms with Crippen molar-refractivity contribution in [3.05, 3.63) is 0 Å². The highest BCUT2D eigenvalue weighted by atomic mass is 16.3. The Balaban J connectivity index is 2.15. The lowest BCUT2D eigenvalue weighted by molar-refractivity contribution is 0.103. The van der Waals surface area contributed by atoms with E-state index in [4.69, 9.17) is 5.11 Å². The molecule has 0 unspecified atom stereocenters. The first kappa shape index (κ1) is 11.0. The van der Waals surface area contributed by atoms with E-state index in [0.717, 1.165) is 26.1 Å². The van der Waals surface area contributed by atoms with Gasteiger partial charge in [0, 0.05) is 45.4 Å². The lowest BCUT2D eigenvalue weighted by atomic mass is 10.2. The second-order valence-electron chi connectivity index (χ2n) is 4.05. The van der Waals surface area contributed by atoms with Gasteiger partial charge in [0.1, 0.15) is 0 Å². The van der Waals surface area contributed by atoms with E-state index in [1.54, 1.807) is 0 Å². The van der Waals surface area contributed by atoms with E-state index in [1.165, 1.54) is 13.1 Å². The second kappa shape index (κ2) is 5.58. The zero-order valence-corrected chi connectivity index (χ0v) is 8.87. The Kier molecular flexibility index (Phi) is 4.70. The minimum absolute atomic E-state index is 0.324. The van der Waals surface area contributed by atoms with Crippen molar-refractivity contribution in [2.75, 3.05) is 39.3 Å². The van der Waals surface area contributed by atoms with Crippen molar-refractivity contribution in [2.45, 2.75) is 26.3 Å². The number of aliphatic hydroxyl groups excluding tert-OH is 1. The zero-order chi connectivity index (χ0) is 9.68. The highest BCUT2D eigenvalue weighted by molar-refractivity contribution is 4.73. The van der Waals surface area contributed by atoms with Crippen LogP contribution in [0, 0.1) is 0 Å². The Morgan fingerprint density at radius 2 is 1.77 bits per heavy atom. The lowest BCUT2D eigenvalue weighted by Crippen LogP contribution is -2.49. The van der Waals surface area contributed by atoms with E-state index in [0.29, 0.717) is 12.6 Å². The maximum absolute atomic E-state index is 8.70. The van der Waals surface area contributed by atoms with E-state index < -0.39 is 0 Å². The predicted octanol–water partition coefficient (Wildman–Crippen LogP) is 0.395. The molecule has 13 heavy (non-hydrogen) atoms. The third kappa shape index (κ3) is 3.63. The van der Waals surface area contributed by atoms with E-state index in [-0.39, 0.29) is 0 Å². The first-order chi connectivity index (χ1) is 6.24. The van der Waals surface area contributed by atoms with Crippen LogP contribution in [-0.4, -0.2) is 60.3 Å². The summed E-state index contributed by atoms with van der Waals surface area (Å²) in [6, 6.07) is 0.681. The molecule has 0 saturated carbocycles. The van der Waals surface area contributed by atoms with Gasteiger partial charge in [-0.3, -0.25) is 4.90 Å². The van der Waals surface area contributed by atoms with Gasteiger partial charge in [0.05, 0.1) is 0 Å². The molecular formula is C10H22N2O. The molecule has 3 heteroatoms. The van der Waals surface area contributed by atoms with Crippen molar-refractivity contribution >= 4 is 0 Å². The Labute approximate surface area is 81.3 Å². The van der Waals surface area contributed by atoms with Gasteiger partial charge in [-0.2, -0.15) is 0 Å². The van der Waals surface area contributed by atoms with Crippen molar-refractivity contribution in [2.24, 2.45) is 0 Å². The molecule has 0 aromatic heterocycles. The fourth-order valence-corrected chi connectivity index (χ4v) is 1.80. The number of piperazine rings is 1. The molecule has 0 bridgehead atoms. The summed E-state index contributed by atoms with van der Waals surface area (Å²) in [5.41, 5.74) is 0. The summed E-state index contributed by atoms with van der Waals surface area (Å²) in [7, 11) is 0. The molecule has 78 valence electrons. The summed E-state index contributed by atoms with van der Waals surface area (Å²) in [6.45, 7) is 10.6. The zero-order valence-electron chi connectivity index (χ0n) is 8.87. The van der Waals surface area contributed by atoms with Gasteiger partial charge in [0.25, 0.3) is 0 Å². The lowest BCUT2D eigenvalue weighted by Gasteiger charge is -2.36. The first-order valence-corrected chi connectivity index (χ1v) is 5.31. The molecule has 0 radical (unpaired) electrons. The fourth-order valence-electron chi connectivity index (χ4n) is 1.80. The summed E-state index contributed by atoms with van der Waals surface area (Å²) in [4.78, 5) is 4.95. The van der Waals surface area contributed by atoms with E-state index in [2.05, 4.69) is 23.6 Å². The first-order valence-electron chi connectivity index (χ1n) is 5.31. The van der Waals surface area contributed by atoms with Gasteiger partial charge < -0.3 is 10.0 Å². The van der Waals surface area contributed by atoms with Crippen LogP contribution in [0.4, 0.5) is 0 Å². The molecular weight excluding hydrogens is 164 g/mol. The number of rotatable bonds is 4. The number of hydrogen-bond acceptors (Lipinski definition) is 3. The summed E-state index contributed by atoms with van der Waals surface area (Å²) in [5.74, 6) is 0. The number of hydrogen-bond donors (Lipinski definition) is 1. The summed E-state index contributed by atoms with van der Waals surface area (Å²) >= 11 is 0. The SMILES string of the molecule is CC(C)N1CCN(CCCO)CC1. The van der Waals surface area contributed by atoms with Crippen LogP contribution in [0.3, 0.4) is 0 Å². The van der Waals surface area contributed by atoms with Crippen LogP contribution < -0.4 is 0 Å². The molecule has 1 fully saturated rings. The molecule has 0 atom stereocenters. The fraction of sp³-hybridized carbons (Fsp3) is 1.00. The quantitative estimate of drug-likeness (QED) is 0.688. The average molecular weight is 186 g/mol. The monoisotopic (exact) mass is 186 g/mol. The van der Waals surface area contributed by atoms with Crippen molar-refractivity contribution in [1.82, 2.24) is 9.80 Å². The van der Waals surface area contributed by atoms with Gasteiger partial charge in [-0.15, -0.1) is 0 Å². The van der Waals surface area contributed by atoms with Crippen molar-refractivity contribution < 1.29 is 5.11 Å². The molecule has 1 aliphatic heterocycles. The Morgan fingerprint density at radius 1 is 1.15 bits per heavy atom. The normalized spacial score (nSPS) is 21.2. The number of aliphatic hydroxyl groups is 1. The Bertz CT molecular complexity index is 131. The van der Waals surface area contributed by atoms with Crippen LogP contribution in [0.25, 0.3) is 0 Å². The van der Waals surface area contributed by atoms with Gasteiger partial charge in [0.15, 0.2) is 0 Å². The van der Waals surface area contributed by atoms with Gasteiger partial charge >= 0.3 is 0 Å². The Morgan fingerprint density at radius 3 is 2.23 bits per heavy atom. The van der Waals surface area contributed by atoms with Gasteiger partial charge in [-0.05, 0) is 20.3 Å². The highest BCUT2D eigenvalue weighted by Crippen LogP contribution is 2.05. The van der Waals surface area contributed by atoms with Crippen LogP contribution >= 0.6 is 0 Å². The van der Waals surface area contributed by atoms with Gasteiger partial charge in [0.2, 0.25) is 0 Å². The average Bonchev–Trinajstić information content (AvgIpc) is 2.15. The maximum Gasteiger partial charge on any atom is 0.0443 e. The largest absolute Gasteiger partial charge is 0.396 e. The van der Waals surface area contributed by atoms with E-state index in [9.17, 15) is 0 Å². The van der Waals surface area contributed by atoms with Crippen LogP contribution in [-0.2, 0) is 0 Å². The van der Waals surface area contributed by atoms with Crippen molar-refractivity contribution in [3.8, 4) is 0 Å². The van der Waals surface area contributed by atoms with E-state index >= 15 is 0 Å². The summed E-state index contributed by atoms with van der Waals surface area (Å²) in [5, 5.41) is 8.70. The molecule has 3 nitrogen and oxygen atoms in total. The molecule has 0 spiro atoms. The molecule has 0 aromatic rings. The van der Waals surface area contributed by atoms with Crippen LogP contribution in [0.15, 0.2) is 0 Å². The smallest absolute Gasteiger partial charge is 0.0443 e. The molecule has 0 amide bonds. The minimum Gasteiger partial charge on any atom is -0.396 e. The minimum atomic E-state index is 0.324. The number of nitrogens with zero attached hydrogens (tertiary/aromatic N) is 2. The van der Waals surface area contributed by atoms with Crippen LogP contribution in [0.2, 0.25) is 0 Å².